The zero-order chi connectivity index (χ0) is 21.8. The van der Waals surface area contributed by atoms with Crippen molar-refractivity contribution in [2.75, 3.05) is 20.2 Å². The SMILES string of the molecule is COc1ccc(C(CNC(=O)CCN2C(=O)CCC2=O)c2c[nH]c3ccccc23)cc1. The van der Waals surface area contributed by atoms with Gasteiger partial charge in [0.25, 0.3) is 0 Å². The molecule has 0 saturated carbocycles. The average Bonchev–Trinajstić information content (AvgIpc) is 3.36. The lowest BCUT2D eigenvalue weighted by Gasteiger charge is -2.19. The Bertz CT molecular complexity index is 1090. The standard InChI is InChI=1S/C24H25N3O4/c1-31-17-8-6-16(7-9-17)19(20-15-25-21-5-3-2-4-18(20)21)14-26-22(28)12-13-27-23(29)10-11-24(27)30/h2-9,15,19,25H,10-14H2,1H3,(H,26,28). The predicted molar refractivity (Wildman–Crippen MR) is 117 cm³/mol. The number of fused-ring (bicyclic) bond motifs is 1. The Morgan fingerprint density at radius 3 is 2.52 bits per heavy atom. The van der Waals surface area contributed by atoms with Gasteiger partial charge in [-0.05, 0) is 29.3 Å². The number of ether oxygens (including phenoxy) is 1. The lowest BCUT2D eigenvalue weighted by atomic mass is 9.90. The van der Waals surface area contributed by atoms with Crippen molar-refractivity contribution in [3.8, 4) is 5.75 Å². The van der Waals surface area contributed by atoms with Crippen LogP contribution < -0.4 is 10.1 Å². The molecule has 1 saturated heterocycles. The summed E-state index contributed by atoms with van der Waals surface area (Å²) in [6.07, 6.45) is 2.55. The van der Waals surface area contributed by atoms with Gasteiger partial charge < -0.3 is 15.0 Å². The summed E-state index contributed by atoms with van der Waals surface area (Å²) in [4.78, 5) is 40.5. The summed E-state index contributed by atoms with van der Waals surface area (Å²) >= 11 is 0. The summed E-state index contributed by atoms with van der Waals surface area (Å²) < 4.78 is 5.27. The first-order valence-corrected chi connectivity index (χ1v) is 10.4. The van der Waals surface area contributed by atoms with Gasteiger partial charge >= 0.3 is 0 Å². The summed E-state index contributed by atoms with van der Waals surface area (Å²) in [5.74, 6) is 0.109. The number of hydrogen-bond acceptors (Lipinski definition) is 4. The summed E-state index contributed by atoms with van der Waals surface area (Å²) in [5, 5.41) is 4.09. The minimum absolute atomic E-state index is 0.0685. The molecule has 7 heteroatoms. The fourth-order valence-corrected chi connectivity index (χ4v) is 4.02. The molecule has 1 fully saturated rings. The van der Waals surface area contributed by atoms with Gasteiger partial charge in [-0.15, -0.1) is 0 Å². The summed E-state index contributed by atoms with van der Waals surface area (Å²) in [6.45, 7) is 0.526. The number of amides is 3. The fourth-order valence-electron chi connectivity index (χ4n) is 4.02. The molecule has 2 heterocycles. The molecule has 31 heavy (non-hydrogen) atoms. The van der Waals surface area contributed by atoms with Crippen LogP contribution in [0.25, 0.3) is 10.9 Å². The van der Waals surface area contributed by atoms with E-state index in [-0.39, 0.29) is 49.4 Å². The van der Waals surface area contributed by atoms with E-state index in [4.69, 9.17) is 4.74 Å². The van der Waals surface area contributed by atoms with E-state index in [9.17, 15) is 14.4 Å². The Hall–Kier alpha value is -3.61. The van der Waals surface area contributed by atoms with Crippen molar-refractivity contribution in [3.05, 3.63) is 65.9 Å². The number of H-pyrrole nitrogens is 1. The predicted octanol–water partition coefficient (Wildman–Crippen LogP) is 2.96. The highest BCUT2D eigenvalue weighted by molar-refractivity contribution is 6.02. The van der Waals surface area contributed by atoms with Crippen LogP contribution in [0.4, 0.5) is 0 Å². The second-order valence-electron chi connectivity index (χ2n) is 7.61. The Balaban J connectivity index is 1.50. The quantitative estimate of drug-likeness (QED) is 0.549. The maximum absolute atomic E-state index is 12.5. The van der Waals surface area contributed by atoms with Crippen LogP contribution >= 0.6 is 0 Å². The number of methoxy groups -OCH3 is 1. The van der Waals surface area contributed by atoms with Crippen molar-refractivity contribution < 1.29 is 19.1 Å². The molecule has 1 aliphatic rings. The number of hydrogen-bond donors (Lipinski definition) is 2. The van der Waals surface area contributed by atoms with E-state index in [2.05, 4.69) is 16.4 Å². The number of nitrogens with zero attached hydrogens (tertiary/aromatic N) is 1. The number of aromatic nitrogens is 1. The molecule has 0 aliphatic carbocycles. The number of benzene rings is 2. The minimum Gasteiger partial charge on any atom is -0.497 e. The van der Waals surface area contributed by atoms with Crippen LogP contribution in [0.1, 0.15) is 36.3 Å². The molecule has 0 bridgehead atoms. The van der Waals surface area contributed by atoms with E-state index in [0.29, 0.717) is 6.54 Å². The van der Waals surface area contributed by atoms with Gasteiger partial charge in [-0.2, -0.15) is 0 Å². The number of aromatic amines is 1. The van der Waals surface area contributed by atoms with Crippen molar-refractivity contribution in [1.29, 1.82) is 0 Å². The van der Waals surface area contributed by atoms with E-state index in [1.54, 1.807) is 7.11 Å². The number of carbonyl (C=O) groups excluding carboxylic acids is 3. The smallest absolute Gasteiger partial charge is 0.229 e. The molecule has 1 aliphatic heterocycles. The lowest BCUT2D eigenvalue weighted by molar-refractivity contribution is -0.138. The second-order valence-corrected chi connectivity index (χ2v) is 7.61. The van der Waals surface area contributed by atoms with E-state index < -0.39 is 0 Å². The Labute approximate surface area is 180 Å². The van der Waals surface area contributed by atoms with Crippen molar-refractivity contribution in [2.24, 2.45) is 0 Å². The molecule has 3 amide bonds. The Morgan fingerprint density at radius 2 is 1.81 bits per heavy atom. The van der Waals surface area contributed by atoms with E-state index >= 15 is 0 Å². The Morgan fingerprint density at radius 1 is 1.10 bits per heavy atom. The number of imide groups is 1. The number of nitrogens with one attached hydrogen (secondary N) is 2. The van der Waals surface area contributed by atoms with Gasteiger partial charge in [-0.3, -0.25) is 19.3 Å². The van der Waals surface area contributed by atoms with Gasteiger partial charge in [0.2, 0.25) is 17.7 Å². The largest absolute Gasteiger partial charge is 0.497 e. The normalized spacial score (nSPS) is 14.8. The van der Waals surface area contributed by atoms with Gasteiger partial charge in [0.05, 0.1) is 7.11 Å². The number of rotatable bonds is 8. The average molecular weight is 419 g/mol. The first kappa shape index (κ1) is 20.7. The number of likely N-dealkylation sites (tertiary alicyclic amines) is 1. The first-order valence-electron chi connectivity index (χ1n) is 10.4. The third-order valence-corrected chi connectivity index (χ3v) is 5.74. The molecular formula is C24H25N3O4. The second kappa shape index (κ2) is 9.04. The monoisotopic (exact) mass is 419 g/mol. The first-order chi connectivity index (χ1) is 15.1. The van der Waals surface area contributed by atoms with Crippen molar-refractivity contribution >= 4 is 28.6 Å². The van der Waals surface area contributed by atoms with E-state index in [1.165, 1.54) is 4.90 Å². The van der Waals surface area contributed by atoms with Crippen LogP contribution in [-0.4, -0.2) is 47.8 Å². The number of para-hydroxylation sites is 1. The van der Waals surface area contributed by atoms with Gasteiger partial charge in [-0.25, -0.2) is 0 Å². The van der Waals surface area contributed by atoms with Crippen LogP contribution in [-0.2, 0) is 14.4 Å². The summed E-state index contributed by atoms with van der Waals surface area (Å²) in [5.41, 5.74) is 3.18. The fraction of sp³-hybridized carbons (Fsp3) is 0.292. The maximum Gasteiger partial charge on any atom is 0.229 e. The molecule has 2 aromatic carbocycles. The van der Waals surface area contributed by atoms with Gasteiger partial charge in [0.1, 0.15) is 5.75 Å². The van der Waals surface area contributed by atoms with Crippen LogP contribution in [0.2, 0.25) is 0 Å². The minimum atomic E-state index is -0.201. The molecular weight excluding hydrogens is 394 g/mol. The highest BCUT2D eigenvalue weighted by Gasteiger charge is 2.29. The summed E-state index contributed by atoms with van der Waals surface area (Å²) in [6, 6.07) is 15.9. The summed E-state index contributed by atoms with van der Waals surface area (Å²) in [7, 11) is 1.63. The number of carbonyl (C=O) groups is 3. The highest BCUT2D eigenvalue weighted by atomic mass is 16.5. The van der Waals surface area contributed by atoms with Gasteiger partial charge in [0.15, 0.2) is 0 Å². The van der Waals surface area contributed by atoms with Crippen molar-refractivity contribution in [1.82, 2.24) is 15.2 Å². The zero-order valence-electron chi connectivity index (χ0n) is 17.4. The molecule has 3 aromatic rings. The molecule has 7 nitrogen and oxygen atoms in total. The topological polar surface area (TPSA) is 91.5 Å². The van der Waals surface area contributed by atoms with Gasteiger partial charge in [0, 0.05) is 55.4 Å². The zero-order valence-corrected chi connectivity index (χ0v) is 17.4. The molecule has 160 valence electrons. The lowest BCUT2D eigenvalue weighted by Crippen LogP contribution is -2.35. The van der Waals surface area contributed by atoms with E-state index in [1.807, 2.05) is 48.7 Å². The van der Waals surface area contributed by atoms with Crippen LogP contribution in [0, 0.1) is 0 Å². The molecule has 4 rings (SSSR count). The highest BCUT2D eigenvalue weighted by Crippen LogP contribution is 2.31. The third kappa shape index (κ3) is 4.45. The molecule has 1 unspecified atom stereocenters. The molecule has 0 spiro atoms. The van der Waals surface area contributed by atoms with E-state index in [0.717, 1.165) is 27.8 Å². The maximum atomic E-state index is 12.5. The molecule has 1 aromatic heterocycles. The van der Waals surface area contributed by atoms with Crippen LogP contribution in [0.5, 0.6) is 5.75 Å². The van der Waals surface area contributed by atoms with Crippen molar-refractivity contribution in [3.63, 3.8) is 0 Å². The molecule has 2 N–H and O–H groups in total. The van der Waals surface area contributed by atoms with Crippen LogP contribution in [0.15, 0.2) is 54.7 Å². The molecule has 0 radical (unpaired) electrons. The van der Waals surface area contributed by atoms with Crippen LogP contribution in [0.3, 0.4) is 0 Å². The Kier molecular flexibility index (Phi) is 6.02. The van der Waals surface area contributed by atoms with Gasteiger partial charge in [-0.1, -0.05) is 30.3 Å². The van der Waals surface area contributed by atoms with Crippen molar-refractivity contribution in [2.45, 2.75) is 25.2 Å². The third-order valence-electron chi connectivity index (χ3n) is 5.74. The molecule has 1 atom stereocenters.